The summed E-state index contributed by atoms with van der Waals surface area (Å²) in [7, 11) is -33.3. The summed E-state index contributed by atoms with van der Waals surface area (Å²) < 4.78 is 249. The summed E-state index contributed by atoms with van der Waals surface area (Å²) in [4.78, 5) is 9.21. The zero-order valence-corrected chi connectivity index (χ0v) is 86.8. The smallest absolute Gasteiger partial charge is 0.243 e. The molecule has 3 heterocycles. The molecule has 10 aromatic rings. The number of aryl methyl sites for hydroxylation is 8. The summed E-state index contributed by atoms with van der Waals surface area (Å²) in [5.74, 6) is 0. The lowest BCUT2D eigenvalue weighted by Crippen LogP contribution is -2.45. The largest absolute Gasteiger partial charge is 0.298 e. The SMILES string of the molecule is Cc1ccc(S(=O)(=O)N2CCCN(Cc3ccc(CN4CCCN(S(=O)(=O)c5ccc(C)cc5)CCN(S(=O)(=O)c5ccc(C)cc5)CCCN(S(=O)(=O)c5ccc(C)cc5)CC4)cc3)CCN(S(=O)(=O)c3ccc(C)cc3)CCCN(Cc3ccc(CN4CCCN(S(=O)(=O)c5ccc(C)cc5)CCN(S(=O)(=O)c5ccc(C)cc5)CCCN(S(=O)(=O)c5ccc(C)cc5)CC4)cc3)CC2)cc1. The van der Waals surface area contributed by atoms with Gasteiger partial charge in [-0.25, -0.2) is 67.3 Å². The predicted molar refractivity (Wildman–Crippen MR) is 541 cm³/mol. The van der Waals surface area contributed by atoms with Gasteiger partial charge in [-0.15, -0.1) is 0 Å². The molecule has 138 heavy (non-hydrogen) atoms. The van der Waals surface area contributed by atoms with Crippen molar-refractivity contribution in [3.63, 3.8) is 0 Å². The Balaban J connectivity index is 0.744. The van der Waals surface area contributed by atoms with Crippen LogP contribution in [0.15, 0.2) is 282 Å². The van der Waals surface area contributed by atoms with Crippen LogP contribution in [-0.2, 0) is 106 Å². The molecule has 0 saturated carbocycles. The maximum atomic E-state index is 15.2. The van der Waals surface area contributed by atoms with Gasteiger partial charge in [-0.2, -0.15) is 34.4 Å². The fraction of sp³-hybridized carbons (Fsp3) is 0.412. The van der Waals surface area contributed by atoms with E-state index in [1.165, 1.54) is 50.1 Å². The fourth-order valence-electron chi connectivity index (χ4n) is 17.5. The first-order chi connectivity index (χ1) is 65.6. The number of rotatable bonds is 24. The minimum Gasteiger partial charge on any atom is -0.298 e. The van der Waals surface area contributed by atoms with Crippen molar-refractivity contribution in [3.8, 4) is 0 Å². The molecular weight excluding hydrogens is 1910 g/mol. The molecule has 0 aromatic heterocycles. The summed E-state index contributed by atoms with van der Waals surface area (Å²) in [6.45, 7) is 18.0. The molecule has 3 fully saturated rings. The van der Waals surface area contributed by atoms with Crippen molar-refractivity contribution in [2.24, 2.45) is 0 Å². The van der Waals surface area contributed by atoms with Crippen LogP contribution >= 0.6 is 0 Å². The van der Waals surface area contributed by atoms with Crippen LogP contribution < -0.4 is 0 Å². The van der Waals surface area contributed by atoms with Gasteiger partial charge in [-0.3, -0.25) is 19.6 Å². The molecule has 0 N–H and O–H groups in total. The second-order valence-electron chi connectivity index (χ2n) is 36.6. The molecule has 3 aliphatic rings. The van der Waals surface area contributed by atoms with E-state index < -0.39 is 80.2 Å². The minimum absolute atomic E-state index is 0.0121. The maximum Gasteiger partial charge on any atom is 0.243 e. The van der Waals surface area contributed by atoms with Gasteiger partial charge < -0.3 is 0 Å². The number of benzene rings is 10. The summed E-state index contributed by atoms with van der Waals surface area (Å²) in [5, 5.41) is 0. The Kier molecular flexibility index (Phi) is 36.7. The highest BCUT2D eigenvalue weighted by atomic mass is 32.2. The first-order valence-electron chi connectivity index (χ1n) is 47.2. The van der Waals surface area contributed by atoms with E-state index in [0.29, 0.717) is 65.2 Å². The van der Waals surface area contributed by atoms with Gasteiger partial charge in [0.25, 0.3) is 0 Å². The fourth-order valence-corrected chi connectivity index (χ4v) is 29.2. The highest BCUT2D eigenvalue weighted by Crippen LogP contribution is 2.30. The molecule has 3 aliphatic heterocycles. The topological polar surface area (TPSA) is 312 Å². The average Bonchev–Trinajstić information content (AvgIpc) is 0.802. The standard InChI is InChI=1S/C102H132N12O16S8/c1-83-15-39-95(40-16-83)131(115,116)107-59-9-55-104(80-92-33-37-94(38-34-92)82-106-58-12-62-112(136(125,126)100-49-25-88(6)26-50-100)76-78-114(138(129,130)102-53-29-90(8)30-54-102)66-14-64-110(74-70-106)134(121,122)98-45-21-86(4)22-46-98)68-72-108(132(117,118)96-41-17-84(2)18-42-96)60-10-56-103(67-71-107)79-91-31-35-93(36-32-91)81-105-57-11-61-111(135(123,124)99-47-23-87(5)24-48-99)75-77-113(137(127,128)101-51-27-89(7)28-52-101)65-13-63-109(73-69-105)133(119,120)97-43-19-85(3)20-44-97/h15-54H,9-14,55-82H2,1-8H3. The molecule has 28 nitrogen and oxygen atoms in total. The molecule has 10 aromatic carbocycles. The van der Waals surface area contributed by atoms with Crippen LogP contribution in [0.3, 0.4) is 0 Å². The van der Waals surface area contributed by atoms with Gasteiger partial charge in [0, 0.05) is 157 Å². The van der Waals surface area contributed by atoms with Crippen LogP contribution in [0.25, 0.3) is 0 Å². The van der Waals surface area contributed by atoms with Gasteiger partial charge in [0.1, 0.15) is 0 Å². The third kappa shape index (κ3) is 28.0. The molecule has 36 heteroatoms. The first-order valence-corrected chi connectivity index (χ1v) is 58.8. The second-order valence-corrected chi connectivity index (χ2v) is 52.1. The van der Waals surface area contributed by atoms with E-state index in [0.717, 1.165) is 66.8 Å². The van der Waals surface area contributed by atoms with Gasteiger partial charge in [0.2, 0.25) is 80.2 Å². The van der Waals surface area contributed by atoms with E-state index in [9.17, 15) is 50.5 Å². The lowest BCUT2D eigenvalue weighted by molar-refractivity contribution is 0.202. The number of sulfonamides is 8. The monoisotopic (exact) mass is 2040 g/mol. The first kappa shape index (κ1) is 107. The second kappa shape index (κ2) is 47.5. The maximum absolute atomic E-state index is 15.2. The van der Waals surface area contributed by atoms with Gasteiger partial charge in [0.15, 0.2) is 0 Å². The van der Waals surface area contributed by atoms with Crippen LogP contribution in [0.2, 0.25) is 0 Å². The quantitative estimate of drug-likeness (QED) is 0.0542. The van der Waals surface area contributed by atoms with Gasteiger partial charge in [-0.05, 0) is 239 Å². The highest BCUT2D eigenvalue weighted by Gasteiger charge is 2.37. The third-order valence-corrected chi connectivity index (χ3v) is 41.3. The Morgan fingerprint density at radius 3 is 0.377 bits per heavy atom. The van der Waals surface area contributed by atoms with E-state index in [4.69, 9.17) is 0 Å². The lowest BCUT2D eigenvalue weighted by atomic mass is 10.1. The zero-order chi connectivity index (χ0) is 98.8. The zero-order valence-electron chi connectivity index (χ0n) is 80.3. The van der Waals surface area contributed by atoms with Crippen molar-refractivity contribution in [1.29, 1.82) is 0 Å². The third-order valence-electron chi connectivity index (χ3n) is 26.0. The minimum atomic E-state index is -4.21. The van der Waals surface area contributed by atoms with Crippen molar-refractivity contribution in [2.45, 2.75) is 159 Å². The molecule has 0 radical (unpaired) electrons. The normalized spacial score (nSPS) is 18.4. The van der Waals surface area contributed by atoms with E-state index in [1.807, 2.05) is 104 Å². The molecule has 3 saturated heterocycles. The van der Waals surface area contributed by atoms with Gasteiger partial charge in [-0.1, -0.05) is 190 Å². The van der Waals surface area contributed by atoms with Crippen LogP contribution in [0.1, 0.15) is 105 Å². The molecular formula is C102H132N12O16S8. The molecule has 0 atom stereocenters. The van der Waals surface area contributed by atoms with Gasteiger partial charge in [0.05, 0.1) is 39.2 Å². The number of nitrogens with zero attached hydrogens (tertiary/aromatic N) is 12. The highest BCUT2D eigenvalue weighted by molar-refractivity contribution is 7.91. The summed E-state index contributed by atoms with van der Waals surface area (Å²) in [6, 6.07) is 68.8. The summed E-state index contributed by atoms with van der Waals surface area (Å²) >= 11 is 0. The predicted octanol–water partition coefficient (Wildman–Crippen LogP) is 13.0. The average molecular weight is 2040 g/mol. The van der Waals surface area contributed by atoms with Crippen LogP contribution in [0, 0.1) is 55.4 Å². The van der Waals surface area contributed by atoms with Crippen molar-refractivity contribution in [1.82, 2.24) is 54.0 Å². The van der Waals surface area contributed by atoms with E-state index in [1.54, 1.807) is 178 Å². The van der Waals surface area contributed by atoms with Crippen LogP contribution in [-0.4, -0.2) is 278 Å². The molecule has 0 aliphatic carbocycles. The Hall–Kier alpha value is -8.68. The Morgan fingerprint density at radius 1 is 0.145 bits per heavy atom. The van der Waals surface area contributed by atoms with Crippen molar-refractivity contribution < 1.29 is 67.3 Å². The molecule has 13 rings (SSSR count). The lowest BCUT2D eigenvalue weighted by Gasteiger charge is -2.32. The Bertz CT molecular complexity index is 6290. The van der Waals surface area contributed by atoms with E-state index in [-0.39, 0.29) is 196 Å². The van der Waals surface area contributed by atoms with Gasteiger partial charge >= 0.3 is 0 Å². The van der Waals surface area contributed by atoms with Crippen molar-refractivity contribution in [3.05, 3.63) is 309 Å². The van der Waals surface area contributed by atoms with Crippen molar-refractivity contribution in [2.75, 3.05) is 157 Å². The van der Waals surface area contributed by atoms with Crippen LogP contribution in [0.4, 0.5) is 0 Å². The van der Waals surface area contributed by atoms with E-state index in [2.05, 4.69) is 19.6 Å². The van der Waals surface area contributed by atoms with Crippen molar-refractivity contribution >= 4 is 80.2 Å². The molecule has 0 spiro atoms. The van der Waals surface area contributed by atoms with E-state index >= 15 is 16.8 Å². The number of hydrogen-bond donors (Lipinski definition) is 0. The summed E-state index contributed by atoms with van der Waals surface area (Å²) in [5.41, 5.74) is 10.5. The van der Waals surface area contributed by atoms with Crippen LogP contribution in [0.5, 0.6) is 0 Å². The number of hydrogen-bond acceptors (Lipinski definition) is 20. The molecule has 744 valence electrons. The molecule has 0 bridgehead atoms. The Labute approximate surface area is 820 Å². The Morgan fingerprint density at radius 2 is 0.254 bits per heavy atom. The molecule has 0 amide bonds. The molecule has 0 unspecified atom stereocenters. The summed E-state index contributed by atoms with van der Waals surface area (Å²) in [6.07, 6.45) is 1.47.